The van der Waals surface area contributed by atoms with Crippen molar-refractivity contribution in [1.29, 1.82) is 0 Å². The molecule has 4 heteroatoms. The van der Waals surface area contributed by atoms with Gasteiger partial charge in [-0.3, -0.25) is 0 Å². The molecule has 140 valence electrons. The van der Waals surface area contributed by atoms with Gasteiger partial charge in [-0.1, -0.05) is 70.2 Å². The molecule has 4 nitrogen and oxygen atoms in total. The van der Waals surface area contributed by atoms with E-state index >= 15 is 0 Å². The van der Waals surface area contributed by atoms with Crippen LogP contribution >= 0.6 is 0 Å². The molecule has 24 heavy (non-hydrogen) atoms. The Morgan fingerprint density at radius 1 is 0.708 bits per heavy atom. The van der Waals surface area contributed by atoms with E-state index in [4.69, 9.17) is 0 Å². The second-order valence-corrected chi connectivity index (χ2v) is 4.59. The Morgan fingerprint density at radius 3 is 1.38 bits per heavy atom. The summed E-state index contributed by atoms with van der Waals surface area (Å²) in [6.07, 6.45) is 8.77. The molecule has 0 fully saturated rings. The molecular formula is C20H40N4. The molecular weight excluding hydrogens is 296 g/mol. The Morgan fingerprint density at radius 2 is 1.12 bits per heavy atom. The Kier molecular flexibility index (Phi) is 26.5. The summed E-state index contributed by atoms with van der Waals surface area (Å²) in [6, 6.07) is 1.83. The number of rotatable bonds is 2. The van der Waals surface area contributed by atoms with Crippen molar-refractivity contribution >= 4 is 0 Å². The Labute approximate surface area is 151 Å². The lowest BCUT2D eigenvalue weighted by atomic mass is 10.1. The molecule has 0 atom stereocenters. The summed E-state index contributed by atoms with van der Waals surface area (Å²) in [5.74, 6) is 1.88. The third kappa shape index (κ3) is 15.1. The summed E-state index contributed by atoms with van der Waals surface area (Å²) in [4.78, 5) is 15.9. The van der Waals surface area contributed by atoms with E-state index in [-0.39, 0.29) is 14.9 Å². The molecule has 0 aliphatic carbocycles. The Balaban J connectivity index is -0.000000129. The Bertz CT molecular complexity index is 384. The lowest BCUT2D eigenvalue weighted by molar-refractivity contribution is 0.774. The second kappa shape index (κ2) is 21.2. The van der Waals surface area contributed by atoms with Gasteiger partial charge in [0, 0.05) is 30.7 Å². The van der Waals surface area contributed by atoms with Crippen molar-refractivity contribution in [3.8, 4) is 0 Å². The lowest BCUT2D eigenvalue weighted by Gasteiger charge is -1.99. The minimum Gasteiger partial charge on any atom is -0.245 e. The third-order valence-electron chi connectivity index (χ3n) is 2.35. The maximum Gasteiger partial charge on any atom is 0.130 e. The second-order valence-electron chi connectivity index (χ2n) is 4.59. The number of hydrogen-bond acceptors (Lipinski definition) is 4. The summed E-state index contributed by atoms with van der Waals surface area (Å²) < 4.78 is 0. The van der Waals surface area contributed by atoms with Crippen LogP contribution in [0.1, 0.15) is 93.5 Å². The molecule has 2 aromatic rings. The number of hydrogen-bond donors (Lipinski definition) is 0. The summed E-state index contributed by atoms with van der Waals surface area (Å²) in [5.41, 5.74) is 1.19. The summed E-state index contributed by atoms with van der Waals surface area (Å²) >= 11 is 0. The largest absolute Gasteiger partial charge is 0.245 e. The van der Waals surface area contributed by atoms with Crippen LogP contribution in [0.2, 0.25) is 0 Å². The average Bonchev–Trinajstić information content (AvgIpc) is 2.60. The number of nitrogens with zero attached hydrogens (tertiary/aromatic N) is 4. The van der Waals surface area contributed by atoms with Crippen LogP contribution in [0.4, 0.5) is 0 Å². The maximum atomic E-state index is 4.07. The highest BCUT2D eigenvalue weighted by Gasteiger charge is 1.97. The molecule has 0 radical (unpaired) electrons. The van der Waals surface area contributed by atoms with Gasteiger partial charge in [0.25, 0.3) is 0 Å². The van der Waals surface area contributed by atoms with Crippen molar-refractivity contribution in [3.63, 3.8) is 0 Å². The van der Waals surface area contributed by atoms with Crippen LogP contribution in [0, 0.1) is 0 Å². The lowest BCUT2D eigenvalue weighted by Crippen LogP contribution is -1.93. The quantitative estimate of drug-likeness (QED) is 0.626. The standard InChI is InChI=1S/2C7H10N2.2C2H6.2CH4/c1-6(2)7-3-8-5-9-4-7;1-6(2)7-8-4-3-5-9-7;2*1-2;;/h2*3-6H,1-2H3;2*1-2H3;2*1H4. The predicted molar refractivity (Wildman–Crippen MR) is 108 cm³/mol. The van der Waals surface area contributed by atoms with E-state index < -0.39 is 0 Å². The summed E-state index contributed by atoms with van der Waals surface area (Å²) in [7, 11) is 0. The van der Waals surface area contributed by atoms with E-state index in [0.717, 1.165) is 5.82 Å². The molecule has 0 N–H and O–H groups in total. The van der Waals surface area contributed by atoms with E-state index in [2.05, 4.69) is 47.6 Å². The van der Waals surface area contributed by atoms with Crippen LogP contribution in [0.25, 0.3) is 0 Å². The van der Waals surface area contributed by atoms with E-state index in [0.29, 0.717) is 11.8 Å². The van der Waals surface area contributed by atoms with Crippen molar-refractivity contribution < 1.29 is 0 Å². The zero-order chi connectivity index (χ0) is 17.4. The van der Waals surface area contributed by atoms with Crippen molar-refractivity contribution in [3.05, 3.63) is 48.6 Å². The van der Waals surface area contributed by atoms with Crippen LogP contribution in [0.3, 0.4) is 0 Å². The first kappa shape index (κ1) is 30.1. The smallest absolute Gasteiger partial charge is 0.130 e. The molecule has 0 unspecified atom stereocenters. The molecule has 0 saturated heterocycles. The van der Waals surface area contributed by atoms with E-state index in [1.807, 2.05) is 46.2 Å². The fourth-order valence-electron chi connectivity index (χ4n) is 1.22. The molecule has 0 spiro atoms. The van der Waals surface area contributed by atoms with Crippen molar-refractivity contribution in [2.75, 3.05) is 0 Å². The van der Waals surface area contributed by atoms with Gasteiger partial charge < -0.3 is 0 Å². The van der Waals surface area contributed by atoms with Gasteiger partial charge in [-0.25, -0.2) is 19.9 Å². The molecule has 0 amide bonds. The fourth-order valence-corrected chi connectivity index (χ4v) is 1.22. The minimum absolute atomic E-state index is 0. The van der Waals surface area contributed by atoms with Crippen molar-refractivity contribution in [2.45, 2.75) is 82.1 Å². The van der Waals surface area contributed by atoms with Gasteiger partial charge in [0.15, 0.2) is 0 Å². The summed E-state index contributed by atoms with van der Waals surface area (Å²) in [6.45, 7) is 16.4. The van der Waals surface area contributed by atoms with E-state index in [9.17, 15) is 0 Å². The predicted octanol–water partition coefficient (Wildman–Crippen LogP) is 6.52. The molecule has 0 aromatic carbocycles. The topological polar surface area (TPSA) is 51.6 Å². The van der Waals surface area contributed by atoms with Gasteiger partial charge in [0.1, 0.15) is 12.2 Å². The van der Waals surface area contributed by atoms with Gasteiger partial charge >= 0.3 is 0 Å². The SMILES string of the molecule is C.C.CC.CC.CC(C)c1cncnc1.CC(C)c1ncccn1. The molecule has 0 saturated carbocycles. The van der Waals surface area contributed by atoms with Gasteiger partial charge in [0.05, 0.1) is 0 Å². The summed E-state index contributed by atoms with van der Waals surface area (Å²) in [5, 5.41) is 0. The van der Waals surface area contributed by atoms with Crippen molar-refractivity contribution in [2.24, 2.45) is 0 Å². The Hall–Kier alpha value is -1.84. The first-order valence-electron chi connectivity index (χ1n) is 8.13. The third-order valence-corrected chi connectivity index (χ3v) is 2.35. The van der Waals surface area contributed by atoms with Crippen LogP contribution in [-0.4, -0.2) is 19.9 Å². The first-order chi connectivity index (χ1) is 10.6. The molecule has 2 heterocycles. The molecule has 0 aliphatic rings. The highest BCUT2D eigenvalue weighted by Crippen LogP contribution is 2.09. The van der Waals surface area contributed by atoms with Gasteiger partial charge in [0.2, 0.25) is 0 Å². The monoisotopic (exact) mass is 336 g/mol. The molecule has 0 aliphatic heterocycles. The van der Waals surface area contributed by atoms with Gasteiger partial charge in [-0.15, -0.1) is 0 Å². The van der Waals surface area contributed by atoms with E-state index in [1.54, 1.807) is 18.7 Å². The maximum absolute atomic E-state index is 4.07. The van der Waals surface area contributed by atoms with Gasteiger partial charge in [-0.05, 0) is 17.5 Å². The zero-order valence-corrected chi connectivity index (χ0v) is 15.4. The normalized spacial score (nSPS) is 8.08. The fraction of sp³-hybridized carbons (Fsp3) is 0.600. The minimum atomic E-state index is 0. The average molecular weight is 337 g/mol. The zero-order valence-electron chi connectivity index (χ0n) is 15.4. The molecule has 0 bridgehead atoms. The van der Waals surface area contributed by atoms with Crippen LogP contribution < -0.4 is 0 Å². The molecule has 2 aromatic heterocycles. The van der Waals surface area contributed by atoms with Crippen LogP contribution in [0.5, 0.6) is 0 Å². The number of aromatic nitrogens is 4. The highest BCUT2D eigenvalue weighted by molar-refractivity contribution is 5.06. The highest BCUT2D eigenvalue weighted by atomic mass is 14.9. The molecule has 2 rings (SSSR count). The first-order valence-corrected chi connectivity index (χ1v) is 8.13. The van der Waals surface area contributed by atoms with Crippen LogP contribution in [-0.2, 0) is 0 Å². The van der Waals surface area contributed by atoms with Gasteiger partial charge in [-0.2, -0.15) is 0 Å². The van der Waals surface area contributed by atoms with Crippen LogP contribution in [0.15, 0.2) is 37.2 Å². The van der Waals surface area contributed by atoms with Crippen molar-refractivity contribution in [1.82, 2.24) is 19.9 Å². The van der Waals surface area contributed by atoms with E-state index in [1.165, 1.54) is 5.56 Å².